The molecule has 0 radical (unpaired) electrons. The molecule has 0 aliphatic carbocycles. The monoisotopic (exact) mass is 516 g/mol. The highest BCUT2D eigenvalue weighted by molar-refractivity contribution is 5.90. The molecular weight excluding hydrogens is 492 g/mol. The number of benzene rings is 4. The molecular formula is C31H24N4O4. The van der Waals surface area contributed by atoms with Crippen molar-refractivity contribution in [2.45, 2.75) is 12.5 Å². The predicted octanol–water partition coefficient (Wildman–Crippen LogP) is 6.16. The fourth-order valence-corrected chi connectivity index (χ4v) is 5.16. The first kappa shape index (κ1) is 23.0. The van der Waals surface area contributed by atoms with E-state index >= 15 is 0 Å². The van der Waals surface area contributed by atoms with E-state index < -0.39 is 0 Å². The van der Waals surface area contributed by atoms with Crippen LogP contribution in [0.2, 0.25) is 0 Å². The summed E-state index contributed by atoms with van der Waals surface area (Å²) in [5.74, 6) is 3.91. The molecule has 8 nitrogen and oxygen atoms in total. The molecule has 1 aliphatic heterocycles. The van der Waals surface area contributed by atoms with Gasteiger partial charge in [0, 0.05) is 11.5 Å². The Morgan fingerprint density at radius 3 is 2.28 bits per heavy atom. The zero-order valence-electron chi connectivity index (χ0n) is 21.4. The Morgan fingerprint density at radius 1 is 0.795 bits per heavy atom. The average molecular weight is 517 g/mol. The van der Waals surface area contributed by atoms with E-state index in [0.29, 0.717) is 23.1 Å². The number of methoxy groups -OCH3 is 2. The SMILES string of the molecule is COc1ccc(OCc2nc3c4c(ncn3n2)Oc2ccc3ccccc3c2[C@H]4c2ccc(OC)cc2)cc1. The molecule has 0 saturated carbocycles. The fraction of sp³-hybridized carbons (Fsp3) is 0.129. The number of nitrogens with zero attached hydrogens (tertiary/aromatic N) is 4. The zero-order chi connectivity index (χ0) is 26.3. The second-order valence-corrected chi connectivity index (χ2v) is 9.23. The van der Waals surface area contributed by atoms with Gasteiger partial charge in [-0.1, -0.05) is 42.5 Å². The lowest BCUT2D eigenvalue weighted by molar-refractivity contribution is 0.295. The molecule has 0 unspecified atom stereocenters. The van der Waals surface area contributed by atoms with Gasteiger partial charge in [-0.3, -0.25) is 0 Å². The summed E-state index contributed by atoms with van der Waals surface area (Å²) in [6.07, 6.45) is 1.63. The van der Waals surface area contributed by atoms with E-state index in [1.165, 1.54) is 0 Å². The normalized spacial score (nSPS) is 13.9. The van der Waals surface area contributed by atoms with Crippen LogP contribution in [-0.4, -0.2) is 33.8 Å². The number of hydrogen-bond acceptors (Lipinski definition) is 7. The van der Waals surface area contributed by atoms with Gasteiger partial charge in [0.25, 0.3) is 0 Å². The number of hydrogen-bond donors (Lipinski definition) is 0. The van der Waals surface area contributed by atoms with E-state index in [4.69, 9.17) is 23.9 Å². The van der Waals surface area contributed by atoms with Crippen LogP contribution in [0.3, 0.4) is 0 Å². The highest BCUT2D eigenvalue weighted by Gasteiger charge is 2.34. The molecule has 0 saturated heterocycles. The van der Waals surface area contributed by atoms with Gasteiger partial charge in [0.1, 0.15) is 35.9 Å². The minimum absolute atomic E-state index is 0.184. The molecule has 0 fully saturated rings. The van der Waals surface area contributed by atoms with E-state index in [-0.39, 0.29) is 12.5 Å². The maximum absolute atomic E-state index is 6.39. The van der Waals surface area contributed by atoms with Gasteiger partial charge in [0.15, 0.2) is 11.5 Å². The van der Waals surface area contributed by atoms with Gasteiger partial charge >= 0.3 is 0 Å². The number of rotatable bonds is 6. The second kappa shape index (κ2) is 9.33. The van der Waals surface area contributed by atoms with Crippen molar-refractivity contribution in [1.29, 1.82) is 0 Å². The van der Waals surface area contributed by atoms with Gasteiger partial charge in [-0.2, -0.15) is 0 Å². The van der Waals surface area contributed by atoms with Crippen LogP contribution in [0, 0.1) is 0 Å². The van der Waals surface area contributed by atoms with Gasteiger partial charge in [0.2, 0.25) is 5.88 Å². The van der Waals surface area contributed by atoms with Crippen LogP contribution >= 0.6 is 0 Å². The lowest BCUT2D eigenvalue weighted by Crippen LogP contribution is -2.15. The summed E-state index contributed by atoms with van der Waals surface area (Å²) in [5.41, 5.74) is 3.68. The maximum atomic E-state index is 6.39. The molecule has 192 valence electrons. The van der Waals surface area contributed by atoms with Crippen LogP contribution in [0.4, 0.5) is 0 Å². The van der Waals surface area contributed by atoms with Crippen molar-refractivity contribution in [2.24, 2.45) is 0 Å². The van der Waals surface area contributed by atoms with Gasteiger partial charge < -0.3 is 18.9 Å². The third kappa shape index (κ3) is 3.97. The van der Waals surface area contributed by atoms with Crippen molar-refractivity contribution in [3.63, 3.8) is 0 Å². The first-order chi connectivity index (χ1) is 19.2. The summed E-state index contributed by atoms with van der Waals surface area (Å²) in [4.78, 5) is 9.54. The minimum Gasteiger partial charge on any atom is -0.497 e. The number of aromatic nitrogens is 4. The highest BCUT2D eigenvalue weighted by atomic mass is 16.5. The Balaban J connectivity index is 1.36. The topological polar surface area (TPSA) is 80.0 Å². The van der Waals surface area contributed by atoms with Crippen molar-refractivity contribution in [1.82, 2.24) is 19.6 Å². The molecule has 3 heterocycles. The Morgan fingerprint density at radius 2 is 1.51 bits per heavy atom. The number of fused-ring (bicyclic) bond motifs is 6. The van der Waals surface area contributed by atoms with Gasteiger partial charge in [0.05, 0.1) is 19.8 Å². The molecule has 0 N–H and O–H groups in total. The summed E-state index contributed by atoms with van der Waals surface area (Å²) in [6.45, 7) is 0.205. The van der Waals surface area contributed by atoms with Gasteiger partial charge in [-0.15, -0.1) is 5.10 Å². The summed E-state index contributed by atoms with van der Waals surface area (Å²) < 4.78 is 24.7. The average Bonchev–Trinajstić information content (AvgIpc) is 3.42. The summed E-state index contributed by atoms with van der Waals surface area (Å²) in [7, 11) is 3.30. The third-order valence-electron chi connectivity index (χ3n) is 7.02. The van der Waals surface area contributed by atoms with Crippen LogP contribution in [0.15, 0.2) is 91.3 Å². The Labute approximate surface area is 224 Å². The molecule has 0 amide bonds. The highest BCUT2D eigenvalue weighted by Crippen LogP contribution is 2.50. The molecule has 2 aromatic heterocycles. The smallest absolute Gasteiger partial charge is 0.228 e. The van der Waals surface area contributed by atoms with E-state index in [0.717, 1.165) is 44.7 Å². The van der Waals surface area contributed by atoms with E-state index in [1.54, 1.807) is 25.1 Å². The van der Waals surface area contributed by atoms with E-state index in [1.807, 2.05) is 54.6 Å². The molecule has 0 bridgehead atoms. The quantitative estimate of drug-likeness (QED) is 0.262. The van der Waals surface area contributed by atoms with E-state index in [2.05, 4.69) is 40.4 Å². The van der Waals surface area contributed by atoms with E-state index in [9.17, 15) is 0 Å². The lowest BCUT2D eigenvalue weighted by atomic mass is 9.81. The molecule has 6 aromatic rings. The fourth-order valence-electron chi connectivity index (χ4n) is 5.16. The molecule has 7 rings (SSSR count). The first-order valence-corrected chi connectivity index (χ1v) is 12.6. The Hall–Kier alpha value is -5.11. The van der Waals surface area contributed by atoms with Crippen LogP contribution in [0.5, 0.6) is 28.9 Å². The molecule has 1 aliphatic rings. The molecule has 8 heteroatoms. The standard InChI is InChI=1S/C31H24N4O4/c1-36-21-10-7-20(8-11-21)27-28-24-6-4-3-5-19(24)9-16-25(28)39-31-29(27)30-33-26(34-35(30)18-32-31)17-38-23-14-12-22(37-2)13-15-23/h3-16,18,27H,17H2,1-2H3/t27-/m1/s1. The Bertz CT molecular complexity index is 1810. The summed E-state index contributed by atoms with van der Waals surface area (Å²) in [5, 5.41) is 6.91. The third-order valence-corrected chi connectivity index (χ3v) is 7.02. The molecule has 4 aromatic carbocycles. The largest absolute Gasteiger partial charge is 0.497 e. The van der Waals surface area contributed by atoms with Crippen LogP contribution in [0.1, 0.15) is 28.4 Å². The van der Waals surface area contributed by atoms with Crippen molar-refractivity contribution in [3.8, 4) is 28.9 Å². The molecule has 39 heavy (non-hydrogen) atoms. The minimum atomic E-state index is -0.184. The Kier molecular flexibility index (Phi) is 5.51. The predicted molar refractivity (Wildman–Crippen MR) is 146 cm³/mol. The van der Waals surface area contributed by atoms with Crippen LogP contribution in [0.25, 0.3) is 16.4 Å². The van der Waals surface area contributed by atoms with Crippen LogP contribution in [-0.2, 0) is 6.61 Å². The van der Waals surface area contributed by atoms with Crippen molar-refractivity contribution in [3.05, 3.63) is 114 Å². The van der Waals surface area contributed by atoms with Crippen molar-refractivity contribution < 1.29 is 18.9 Å². The molecule has 0 spiro atoms. The van der Waals surface area contributed by atoms with Gasteiger partial charge in [-0.05, 0) is 58.8 Å². The summed E-state index contributed by atoms with van der Waals surface area (Å²) >= 11 is 0. The summed E-state index contributed by atoms with van der Waals surface area (Å²) in [6, 6.07) is 27.9. The van der Waals surface area contributed by atoms with Crippen molar-refractivity contribution in [2.75, 3.05) is 14.2 Å². The van der Waals surface area contributed by atoms with Crippen molar-refractivity contribution >= 4 is 16.4 Å². The number of ether oxygens (including phenoxy) is 4. The van der Waals surface area contributed by atoms with Gasteiger partial charge in [-0.25, -0.2) is 14.5 Å². The van der Waals surface area contributed by atoms with Crippen LogP contribution < -0.4 is 18.9 Å². The maximum Gasteiger partial charge on any atom is 0.228 e. The first-order valence-electron chi connectivity index (χ1n) is 12.6. The second-order valence-electron chi connectivity index (χ2n) is 9.23. The zero-order valence-corrected chi connectivity index (χ0v) is 21.4. The molecule has 1 atom stereocenters. The lowest BCUT2D eigenvalue weighted by Gasteiger charge is -2.29.